The Hall–Kier alpha value is -1.06. The van der Waals surface area contributed by atoms with Gasteiger partial charge in [-0.15, -0.1) is 0 Å². The van der Waals surface area contributed by atoms with Crippen molar-refractivity contribution < 1.29 is 9.53 Å². The number of benzene rings is 1. The highest BCUT2D eigenvalue weighted by atomic mass is 35.5. The molecule has 0 fully saturated rings. The Morgan fingerprint density at radius 1 is 1.47 bits per heavy atom. The predicted molar refractivity (Wildman–Crippen MR) is 59.9 cm³/mol. The van der Waals surface area contributed by atoms with E-state index in [1.54, 1.807) is 0 Å². The summed E-state index contributed by atoms with van der Waals surface area (Å²) >= 11 is 5.85. The number of ether oxygens (including phenoxy) is 1. The van der Waals surface area contributed by atoms with Crippen molar-refractivity contribution >= 4 is 18.1 Å². The molecule has 0 unspecified atom stereocenters. The molecule has 1 aromatic rings. The van der Waals surface area contributed by atoms with E-state index in [4.69, 9.17) is 16.4 Å². The summed E-state index contributed by atoms with van der Waals surface area (Å²) in [5.74, 6) is 0. The van der Waals surface area contributed by atoms with Crippen molar-refractivity contribution in [3.05, 3.63) is 34.3 Å². The van der Waals surface area contributed by atoms with Crippen LogP contribution in [0.25, 0.3) is 0 Å². The van der Waals surface area contributed by atoms with Crippen molar-refractivity contribution in [1.82, 2.24) is 5.32 Å². The molecule has 0 amide bonds. The smallest absolute Gasteiger partial charge is 0.292 e. The number of hydrogen-bond donors (Lipinski definition) is 1. The first-order chi connectivity index (χ1) is 7.27. The van der Waals surface area contributed by atoms with Gasteiger partial charge < -0.3 is 10.1 Å². The van der Waals surface area contributed by atoms with Gasteiger partial charge in [-0.1, -0.05) is 17.7 Å². The van der Waals surface area contributed by atoms with Gasteiger partial charge in [-0.05, 0) is 36.2 Å². The van der Waals surface area contributed by atoms with Crippen LogP contribution in [0.3, 0.4) is 0 Å². The Labute approximate surface area is 94.4 Å². The van der Waals surface area contributed by atoms with Gasteiger partial charge in [0.1, 0.15) is 0 Å². The van der Waals surface area contributed by atoms with Gasteiger partial charge in [-0.3, -0.25) is 4.79 Å². The molecule has 4 heteroatoms. The average molecular weight is 228 g/mol. The minimum absolute atomic E-state index is 0.375. The van der Waals surface area contributed by atoms with Crippen LogP contribution in [0.15, 0.2) is 18.2 Å². The van der Waals surface area contributed by atoms with Crippen LogP contribution in [0.4, 0.5) is 0 Å². The van der Waals surface area contributed by atoms with E-state index >= 15 is 0 Å². The first-order valence-electron chi connectivity index (χ1n) is 4.72. The van der Waals surface area contributed by atoms with E-state index in [9.17, 15) is 0 Å². The topological polar surface area (TPSA) is 38.3 Å². The quantitative estimate of drug-likeness (QED) is 0.744. The summed E-state index contributed by atoms with van der Waals surface area (Å²) in [7, 11) is 1.31. The average Bonchev–Trinajstić information content (AvgIpc) is 2.29. The molecule has 1 N–H and O–H groups in total. The van der Waals surface area contributed by atoms with Crippen LogP contribution in [-0.2, 0) is 22.5 Å². The van der Waals surface area contributed by atoms with Crippen molar-refractivity contribution in [2.24, 2.45) is 0 Å². The third-order valence-corrected chi connectivity index (χ3v) is 2.39. The van der Waals surface area contributed by atoms with Crippen LogP contribution in [-0.4, -0.2) is 20.1 Å². The second kappa shape index (κ2) is 6.43. The predicted octanol–water partition coefficient (Wildman–Crippen LogP) is 1.77. The lowest BCUT2D eigenvalue weighted by Gasteiger charge is -2.16. The summed E-state index contributed by atoms with van der Waals surface area (Å²) in [5, 5.41) is 4.15. The normalized spacial score (nSPS) is 13.2. The number of hydrogen-bond acceptors (Lipinski definition) is 3. The number of nitrogens with one attached hydrogen (secondary N) is 1. The van der Waals surface area contributed by atoms with Crippen molar-refractivity contribution in [2.45, 2.75) is 13.0 Å². The number of halogens is 1. The summed E-state index contributed by atoms with van der Waals surface area (Å²) in [4.78, 5) is 8.95. The Bertz CT molecular complexity index is 328. The monoisotopic (exact) mass is 227 g/mol. The number of carbonyl (C=O) groups excluding carboxylic acids is 1. The first kappa shape index (κ1) is 12.0. The molecule has 0 spiro atoms. The van der Waals surface area contributed by atoms with E-state index in [2.05, 4.69) is 16.1 Å². The Balaban J connectivity index is 0.000000245. The Kier molecular flexibility index (Phi) is 5.15. The number of fused-ring (bicyclic) bond motifs is 1. The van der Waals surface area contributed by atoms with Crippen LogP contribution in [0.5, 0.6) is 0 Å². The zero-order valence-electron chi connectivity index (χ0n) is 8.63. The zero-order chi connectivity index (χ0) is 11.1. The van der Waals surface area contributed by atoms with Crippen molar-refractivity contribution in [3.63, 3.8) is 0 Å². The van der Waals surface area contributed by atoms with Crippen LogP contribution in [0, 0.1) is 0 Å². The van der Waals surface area contributed by atoms with Gasteiger partial charge in [0.25, 0.3) is 6.47 Å². The van der Waals surface area contributed by atoms with Gasteiger partial charge in [0.15, 0.2) is 0 Å². The van der Waals surface area contributed by atoms with Crippen molar-refractivity contribution in [3.8, 4) is 0 Å². The van der Waals surface area contributed by atoms with Crippen molar-refractivity contribution in [2.75, 3.05) is 13.7 Å². The zero-order valence-corrected chi connectivity index (χ0v) is 9.38. The van der Waals surface area contributed by atoms with E-state index in [0.717, 1.165) is 24.5 Å². The second-order valence-corrected chi connectivity index (χ2v) is 3.61. The molecule has 1 aliphatic rings. The fourth-order valence-electron chi connectivity index (χ4n) is 1.45. The van der Waals surface area contributed by atoms with Gasteiger partial charge in [-0.25, -0.2) is 0 Å². The van der Waals surface area contributed by atoms with Crippen LogP contribution in [0.1, 0.15) is 11.1 Å². The molecule has 0 atom stereocenters. The fraction of sp³-hybridized carbons (Fsp3) is 0.364. The summed E-state index contributed by atoms with van der Waals surface area (Å²) in [6.45, 7) is 2.44. The molecule has 0 aromatic heterocycles. The largest absolute Gasteiger partial charge is 0.471 e. The number of rotatable bonds is 1. The van der Waals surface area contributed by atoms with E-state index in [-0.39, 0.29) is 0 Å². The molecule has 1 aromatic carbocycles. The van der Waals surface area contributed by atoms with E-state index in [1.807, 2.05) is 12.1 Å². The highest BCUT2D eigenvalue weighted by molar-refractivity contribution is 6.30. The van der Waals surface area contributed by atoms with Gasteiger partial charge in [0, 0.05) is 11.6 Å². The molecule has 0 saturated heterocycles. The Morgan fingerprint density at radius 2 is 2.20 bits per heavy atom. The standard InChI is InChI=1S/C9H10ClN.C2H4O2/c10-9-2-1-7-3-4-11-6-8(7)5-9;1-4-2-3/h1-2,5,11H,3-4,6H2;2H,1H3. The number of carbonyl (C=O) groups is 1. The lowest BCUT2D eigenvalue weighted by Crippen LogP contribution is -2.23. The molecule has 3 nitrogen and oxygen atoms in total. The third-order valence-electron chi connectivity index (χ3n) is 2.15. The third kappa shape index (κ3) is 3.90. The summed E-state index contributed by atoms with van der Waals surface area (Å²) < 4.78 is 3.86. The van der Waals surface area contributed by atoms with E-state index in [0.29, 0.717) is 6.47 Å². The van der Waals surface area contributed by atoms with Gasteiger partial charge in [0.05, 0.1) is 7.11 Å². The minimum Gasteiger partial charge on any atom is -0.471 e. The van der Waals surface area contributed by atoms with E-state index < -0.39 is 0 Å². The molecule has 1 heterocycles. The molecule has 0 aliphatic carbocycles. The lowest BCUT2D eigenvalue weighted by molar-refractivity contribution is -0.126. The molecule has 0 radical (unpaired) electrons. The molecular weight excluding hydrogens is 214 g/mol. The van der Waals surface area contributed by atoms with Crippen LogP contribution < -0.4 is 5.32 Å². The van der Waals surface area contributed by atoms with Gasteiger partial charge >= 0.3 is 0 Å². The maximum absolute atomic E-state index is 8.95. The van der Waals surface area contributed by atoms with Crippen LogP contribution in [0.2, 0.25) is 5.02 Å². The first-order valence-corrected chi connectivity index (χ1v) is 5.10. The maximum Gasteiger partial charge on any atom is 0.292 e. The van der Waals surface area contributed by atoms with Crippen LogP contribution >= 0.6 is 11.6 Å². The van der Waals surface area contributed by atoms with Gasteiger partial charge in [0.2, 0.25) is 0 Å². The second-order valence-electron chi connectivity index (χ2n) is 3.17. The number of methoxy groups -OCH3 is 1. The maximum atomic E-state index is 8.95. The molecule has 0 bridgehead atoms. The highest BCUT2D eigenvalue weighted by Gasteiger charge is 2.07. The molecule has 82 valence electrons. The molecule has 2 rings (SSSR count). The fourth-order valence-corrected chi connectivity index (χ4v) is 1.64. The highest BCUT2D eigenvalue weighted by Crippen LogP contribution is 2.18. The van der Waals surface area contributed by atoms with E-state index in [1.165, 1.54) is 18.2 Å². The lowest BCUT2D eigenvalue weighted by atomic mass is 10.0. The minimum atomic E-state index is 0.375. The molecule has 15 heavy (non-hydrogen) atoms. The summed E-state index contributed by atoms with van der Waals surface area (Å²) in [6, 6.07) is 6.13. The van der Waals surface area contributed by atoms with Gasteiger partial charge in [-0.2, -0.15) is 0 Å². The SMILES string of the molecule is COC=O.Clc1ccc2c(c1)CNCC2. The molecular formula is C11H14ClNO2. The Morgan fingerprint density at radius 3 is 2.87 bits per heavy atom. The van der Waals surface area contributed by atoms with Crippen molar-refractivity contribution in [1.29, 1.82) is 0 Å². The molecule has 1 aliphatic heterocycles. The molecule has 0 saturated carbocycles. The summed E-state index contributed by atoms with van der Waals surface area (Å²) in [5.41, 5.74) is 2.79. The summed E-state index contributed by atoms with van der Waals surface area (Å²) in [6.07, 6.45) is 1.13.